The van der Waals surface area contributed by atoms with Crippen molar-refractivity contribution in [2.75, 3.05) is 20.8 Å². The zero-order valence-corrected chi connectivity index (χ0v) is 12.5. The molecule has 0 aromatic carbocycles. The van der Waals surface area contributed by atoms with E-state index >= 15 is 0 Å². The van der Waals surface area contributed by atoms with Crippen LogP contribution in [0.2, 0.25) is 12.1 Å². The fourth-order valence-corrected chi connectivity index (χ4v) is 3.92. The third-order valence-corrected chi connectivity index (χ3v) is 6.62. The van der Waals surface area contributed by atoms with Gasteiger partial charge in [-0.05, 0) is 31.9 Å². The lowest BCUT2D eigenvalue weighted by Gasteiger charge is -2.25. The summed E-state index contributed by atoms with van der Waals surface area (Å²) in [6.45, 7) is 8.08. The van der Waals surface area contributed by atoms with Gasteiger partial charge in [0, 0.05) is 26.3 Å². The Hall–Kier alpha value is -0.653. The number of hydrogen-bond donors (Lipinski definition) is 1. The van der Waals surface area contributed by atoms with Crippen LogP contribution in [0.25, 0.3) is 0 Å². The van der Waals surface area contributed by atoms with Crippen LogP contribution in [0.4, 0.5) is 0 Å². The zero-order chi connectivity index (χ0) is 13.3. The lowest BCUT2D eigenvalue weighted by Crippen LogP contribution is -2.39. The molecule has 0 bridgehead atoms. The van der Waals surface area contributed by atoms with Crippen molar-refractivity contribution in [1.29, 1.82) is 0 Å². The van der Waals surface area contributed by atoms with Crippen molar-refractivity contribution in [2.45, 2.75) is 38.8 Å². The summed E-state index contributed by atoms with van der Waals surface area (Å²) >= 11 is 0. The summed E-state index contributed by atoms with van der Waals surface area (Å²) in [6.07, 6.45) is 1.96. The number of unbranched alkanes of at least 4 members (excludes halogenated alkanes) is 1. The second-order valence-corrected chi connectivity index (χ2v) is 8.01. The number of rotatable bonds is 9. The normalized spacial score (nSPS) is 11.3. The maximum absolute atomic E-state index is 11.2. The molecule has 4 nitrogen and oxygen atoms in total. The van der Waals surface area contributed by atoms with Gasteiger partial charge in [0.05, 0.1) is 0 Å². The first-order valence-corrected chi connectivity index (χ1v) is 8.28. The fourth-order valence-electron chi connectivity index (χ4n) is 1.63. The monoisotopic (exact) mass is 259 g/mol. The average Bonchev–Trinajstić information content (AvgIpc) is 2.34. The van der Waals surface area contributed by atoms with Gasteiger partial charge >= 0.3 is 8.56 Å². The van der Waals surface area contributed by atoms with Gasteiger partial charge in [-0.1, -0.05) is 13.5 Å². The lowest BCUT2D eigenvalue weighted by atomic mass is 10.3. The van der Waals surface area contributed by atoms with Gasteiger partial charge in [-0.2, -0.15) is 0 Å². The number of carbonyl (C=O) groups excluding carboxylic acids is 1. The number of carbonyl (C=O) groups is 1. The Kier molecular flexibility index (Phi) is 8.12. The summed E-state index contributed by atoms with van der Waals surface area (Å²) in [6, 6.07) is 1.93. The van der Waals surface area contributed by atoms with Crippen molar-refractivity contribution in [3.05, 3.63) is 12.2 Å². The second kappa shape index (κ2) is 8.44. The summed E-state index contributed by atoms with van der Waals surface area (Å²) in [5.74, 6) is -0.0671. The molecule has 0 saturated carbocycles. The smallest absolute Gasteiger partial charge is 0.337 e. The molecule has 0 rings (SSSR count). The van der Waals surface area contributed by atoms with Crippen LogP contribution in [0.3, 0.4) is 0 Å². The van der Waals surface area contributed by atoms with E-state index in [1.54, 1.807) is 21.1 Å². The number of amides is 1. The van der Waals surface area contributed by atoms with Crippen LogP contribution >= 0.6 is 0 Å². The van der Waals surface area contributed by atoms with Crippen molar-refractivity contribution in [3.8, 4) is 0 Å². The van der Waals surface area contributed by atoms with Crippen LogP contribution in [0.1, 0.15) is 26.7 Å². The van der Waals surface area contributed by atoms with Gasteiger partial charge in [-0.15, -0.1) is 0 Å². The highest BCUT2D eigenvalue weighted by Gasteiger charge is 2.32. The molecule has 100 valence electrons. The maximum atomic E-state index is 11.2. The Labute approximate surface area is 106 Å². The van der Waals surface area contributed by atoms with Crippen LogP contribution in [-0.2, 0) is 13.6 Å². The van der Waals surface area contributed by atoms with E-state index < -0.39 is 8.56 Å². The molecule has 0 fully saturated rings. The average molecular weight is 259 g/mol. The summed E-state index contributed by atoms with van der Waals surface area (Å²) in [5.41, 5.74) is 0.552. The summed E-state index contributed by atoms with van der Waals surface area (Å²) < 4.78 is 11.0. The Morgan fingerprint density at radius 1 is 1.29 bits per heavy atom. The third-order valence-electron chi connectivity index (χ3n) is 2.94. The van der Waals surface area contributed by atoms with E-state index in [9.17, 15) is 4.79 Å². The van der Waals surface area contributed by atoms with Crippen molar-refractivity contribution in [1.82, 2.24) is 5.32 Å². The maximum Gasteiger partial charge on any atom is 0.337 e. The first kappa shape index (κ1) is 16.3. The molecule has 0 aliphatic heterocycles. The van der Waals surface area contributed by atoms with E-state index in [0.29, 0.717) is 12.1 Å². The van der Waals surface area contributed by atoms with E-state index in [-0.39, 0.29) is 5.91 Å². The second-order valence-electron chi connectivity index (χ2n) is 4.17. The molecule has 0 aromatic heterocycles. The first-order valence-electron chi connectivity index (χ1n) is 6.05. The van der Waals surface area contributed by atoms with E-state index in [2.05, 4.69) is 18.8 Å². The summed E-state index contributed by atoms with van der Waals surface area (Å²) in [4.78, 5) is 11.2. The Morgan fingerprint density at radius 3 is 2.29 bits per heavy atom. The highest BCUT2D eigenvalue weighted by atomic mass is 28.4. The molecule has 0 saturated heterocycles. The lowest BCUT2D eigenvalue weighted by molar-refractivity contribution is -0.117. The molecule has 0 spiro atoms. The molecule has 0 aliphatic carbocycles. The van der Waals surface area contributed by atoms with Crippen LogP contribution in [0.15, 0.2) is 12.2 Å². The zero-order valence-electron chi connectivity index (χ0n) is 11.5. The molecule has 0 radical (unpaired) electrons. The van der Waals surface area contributed by atoms with Crippen LogP contribution < -0.4 is 5.32 Å². The fraction of sp³-hybridized carbons (Fsp3) is 0.750. The van der Waals surface area contributed by atoms with E-state index in [1.807, 2.05) is 0 Å². The quantitative estimate of drug-likeness (QED) is 0.392. The van der Waals surface area contributed by atoms with Crippen molar-refractivity contribution < 1.29 is 13.6 Å². The minimum absolute atomic E-state index is 0.0671. The van der Waals surface area contributed by atoms with Crippen molar-refractivity contribution >= 4 is 14.5 Å². The first-order chi connectivity index (χ1) is 8.01. The number of nitrogens with one attached hydrogen (secondary N) is 1. The molecule has 5 heteroatoms. The molecule has 0 atom stereocenters. The Morgan fingerprint density at radius 2 is 1.88 bits per heavy atom. The summed E-state index contributed by atoms with van der Waals surface area (Å²) in [5, 5.41) is 2.82. The van der Waals surface area contributed by atoms with E-state index in [4.69, 9.17) is 8.85 Å². The molecular formula is C12H25NO3Si. The standard InChI is InChI=1S/C12H25NO3Si/c1-6-17(15-4,16-5)10-8-7-9-13-12(14)11(2)3/h2,6-10H2,1,3-5H3,(H,13,14). The number of hydrogen-bond acceptors (Lipinski definition) is 3. The van der Waals surface area contributed by atoms with Gasteiger partial charge in [0.25, 0.3) is 0 Å². The molecule has 0 unspecified atom stereocenters. The van der Waals surface area contributed by atoms with Crippen molar-refractivity contribution in [3.63, 3.8) is 0 Å². The van der Waals surface area contributed by atoms with Crippen LogP contribution in [0.5, 0.6) is 0 Å². The highest BCUT2D eigenvalue weighted by molar-refractivity contribution is 6.67. The van der Waals surface area contributed by atoms with Crippen molar-refractivity contribution in [2.24, 2.45) is 0 Å². The SMILES string of the molecule is C=C(C)C(=O)NCCCC[Si](CC)(OC)OC. The van der Waals surface area contributed by atoms with Gasteiger partial charge < -0.3 is 14.2 Å². The third kappa shape index (κ3) is 6.00. The van der Waals surface area contributed by atoms with Gasteiger partial charge in [-0.3, -0.25) is 4.79 Å². The molecule has 0 heterocycles. The van der Waals surface area contributed by atoms with Gasteiger partial charge in [0.2, 0.25) is 5.91 Å². The molecule has 0 aliphatic rings. The van der Waals surface area contributed by atoms with Crippen LogP contribution in [0, 0.1) is 0 Å². The predicted octanol–water partition coefficient (Wildman–Crippen LogP) is 2.21. The topological polar surface area (TPSA) is 47.6 Å². The minimum atomic E-state index is -1.95. The van der Waals surface area contributed by atoms with Crippen LogP contribution in [-0.4, -0.2) is 35.2 Å². The predicted molar refractivity (Wildman–Crippen MR) is 72.1 cm³/mol. The van der Waals surface area contributed by atoms with Gasteiger partial charge in [0.1, 0.15) is 0 Å². The summed E-state index contributed by atoms with van der Waals surface area (Å²) in [7, 11) is 1.50. The van der Waals surface area contributed by atoms with Gasteiger partial charge in [0.15, 0.2) is 0 Å². The molecule has 1 amide bonds. The van der Waals surface area contributed by atoms with E-state index in [0.717, 1.165) is 24.9 Å². The minimum Gasteiger partial charge on any atom is -0.398 e. The highest BCUT2D eigenvalue weighted by Crippen LogP contribution is 2.19. The van der Waals surface area contributed by atoms with Gasteiger partial charge in [-0.25, -0.2) is 0 Å². The molecule has 17 heavy (non-hydrogen) atoms. The molecule has 0 aromatic rings. The van der Waals surface area contributed by atoms with E-state index in [1.165, 1.54) is 0 Å². The molecular weight excluding hydrogens is 234 g/mol. The Balaban J connectivity index is 3.76. The largest absolute Gasteiger partial charge is 0.398 e. The Bertz CT molecular complexity index is 244. The molecule has 1 N–H and O–H groups in total.